The summed E-state index contributed by atoms with van der Waals surface area (Å²) >= 11 is 0.910. The minimum Gasteiger partial charge on any atom is -0.478 e. The summed E-state index contributed by atoms with van der Waals surface area (Å²) < 4.78 is 31.7. The van der Waals surface area contributed by atoms with E-state index in [9.17, 15) is 27.6 Å². The number of nitrogens with two attached hydrogens (primary N) is 2. The second-order valence-corrected chi connectivity index (χ2v) is 9.14. The number of carbonyl (C=O) groups is 4. The van der Waals surface area contributed by atoms with E-state index in [-0.39, 0.29) is 15.1 Å². The van der Waals surface area contributed by atoms with E-state index in [1.54, 1.807) is 0 Å². The largest absolute Gasteiger partial charge is 0.478 e. The molecule has 1 aromatic rings. The molecule has 2 atom stereocenters. The third-order valence-corrected chi connectivity index (χ3v) is 5.72. The molecule has 0 aromatic carbocycles. The zero-order chi connectivity index (χ0) is 23.9. The van der Waals surface area contributed by atoms with E-state index in [1.807, 2.05) is 0 Å². The van der Waals surface area contributed by atoms with E-state index in [4.69, 9.17) is 26.0 Å². The van der Waals surface area contributed by atoms with Gasteiger partial charge in [-0.3, -0.25) is 18.9 Å². The van der Waals surface area contributed by atoms with Gasteiger partial charge in [-0.05, 0) is 20.8 Å². The van der Waals surface area contributed by atoms with Gasteiger partial charge in [-0.25, -0.2) is 9.78 Å². The summed E-state index contributed by atoms with van der Waals surface area (Å²) in [6.45, 7) is 3.29. The first-order valence-electron chi connectivity index (χ1n) is 8.16. The lowest BCUT2D eigenvalue weighted by atomic mass is 9.82. The number of carboxylic acids is 1. The number of aliphatic carboxylic acids is 1. The molecule has 7 N–H and O–H groups in total. The molecule has 2 heterocycles. The van der Waals surface area contributed by atoms with Crippen molar-refractivity contribution in [1.82, 2.24) is 14.6 Å². The van der Waals surface area contributed by atoms with Gasteiger partial charge in [0, 0.05) is 5.38 Å². The lowest BCUT2D eigenvalue weighted by molar-refractivity contribution is -0.161. The molecule has 1 saturated heterocycles. The van der Waals surface area contributed by atoms with Crippen molar-refractivity contribution in [2.45, 2.75) is 38.0 Å². The fourth-order valence-electron chi connectivity index (χ4n) is 2.49. The third-order valence-electron chi connectivity index (χ3n) is 4.18. The van der Waals surface area contributed by atoms with E-state index in [2.05, 4.69) is 15.5 Å². The quantitative estimate of drug-likeness (QED) is 0.115. The maximum Gasteiger partial charge on any atom is 0.363 e. The van der Waals surface area contributed by atoms with Crippen LogP contribution in [-0.2, 0) is 34.3 Å². The maximum absolute atomic E-state index is 12.8. The molecular weight excluding hydrogens is 460 g/mol. The SMILES string of the molecule is CC(C)(O/N=C(\C(=O)N[C@@]1(C)C(=O)N(S(=O)(=O)O)[C@H]1C(N)=O)c1csc(N)n1)C(=O)O. The van der Waals surface area contributed by atoms with Crippen LogP contribution in [0.2, 0.25) is 0 Å². The standard InChI is InChI=1S/C14H18N6O9S2/c1-13(2,11(24)25)29-19-6(5-4-30-12(16)17-5)9(22)18-14(3)7(8(15)21)20(10(14)23)31(26,27)28/h4,7H,1-3H3,(H2,15,21)(H2,16,17)(H,18,22)(H,24,25)(H,26,27,28)/b19-6-/t7-,14+/m0/s1. The Balaban J connectivity index is 2.43. The van der Waals surface area contributed by atoms with Crippen LogP contribution in [0.15, 0.2) is 10.5 Å². The van der Waals surface area contributed by atoms with Gasteiger partial charge in [-0.2, -0.15) is 12.7 Å². The Morgan fingerprint density at radius 1 is 1.42 bits per heavy atom. The number of amides is 3. The summed E-state index contributed by atoms with van der Waals surface area (Å²) in [5, 5.41) is 16.0. The summed E-state index contributed by atoms with van der Waals surface area (Å²) in [6, 6.07) is -1.95. The van der Waals surface area contributed by atoms with Crippen LogP contribution in [-0.4, -0.2) is 74.0 Å². The smallest absolute Gasteiger partial charge is 0.363 e. The number of carboxylic acid groups (broad SMARTS) is 1. The molecule has 0 radical (unpaired) electrons. The number of nitrogens with one attached hydrogen (secondary N) is 1. The van der Waals surface area contributed by atoms with Crippen molar-refractivity contribution in [1.29, 1.82) is 0 Å². The van der Waals surface area contributed by atoms with Crippen LogP contribution in [0.25, 0.3) is 0 Å². The summed E-state index contributed by atoms with van der Waals surface area (Å²) in [6.07, 6.45) is 0. The first-order valence-corrected chi connectivity index (χ1v) is 10.4. The fourth-order valence-corrected chi connectivity index (χ4v) is 4.01. The number of hydrogen-bond acceptors (Lipinski definition) is 11. The van der Waals surface area contributed by atoms with Crippen molar-refractivity contribution in [3.8, 4) is 0 Å². The summed E-state index contributed by atoms with van der Waals surface area (Å²) in [5.41, 5.74) is 5.85. The molecule has 0 aliphatic carbocycles. The van der Waals surface area contributed by atoms with Gasteiger partial charge < -0.3 is 26.7 Å². The minimum atomic E-state index is -5.14. The number of oxime groups is 1. The van der Waals surface area contributed by atoms with E-state index < -0.39 is 56.9 Å². The molecule has 0 unspecified atom stereocenters. The van der Waals surface area contributed by atoms with Crippen LogP contribution in [0.4, 0.5) is 5.13 Å². The predicted molar refractivity (Wildman–Crippen MR) is 104 cm³/mol. The Morgan fingerprint density at radius 3 is 2.42 bits per heavy atom. The second-order valence-electron chi connectivity index (χ2n) is 6.96. The highest BCUT2D eigenvalue weighted by Crippen LogP contribution is 2.33. The molecule has 2 rings (SSSR count). The van der Waals surface area contributed by atoms with Gasteiger partial charge in [-0.15, -0.1) is 11.3 Å². The lowest BCUT2D eigenvalue weighted by Gasteiger charge is -2.49. The minimum absolute atomic E-state index is 0.0199. The first-order chi connectivity index (χ1) is 14.0. The van der Waals surface area contributed by atoms with Gasteiger partial charge in [0.1, 0.15) is 11.2 Å². The fraction of sp³-hybridized carbons (Fsp3) is 0.429. The number of carbonyl (C=O) groups excluding carboxylic acids is 3. The summed E-state index contributed by atoms with van der Waals surface area (Å²) in [7, 11) is -5.14. The Bertz CT molecular complexity index is 1100. The molecule has 0 saturated carbocycles. The number of primary amides is 1. The van der Waals surface area contributed by atoms with Crippen molar-refractivity contribution in [2.75, 3.05) is 5.73 Å². The van der Waals surface area contributed by atoms with Crippen molar-refractivity contribution < 1.29 is 42.1 Å². The van der Waals surface area contributed by atoms with E-state index in [0.717, 1.165) is 32.1 Å². The average Bonchev–Trinajstić information content (AvgIpc) is 3.03. The number of rotatable bonds is 8. The number of anilines is 1. The van der Waals surface area contributed by atoms with Crippen molar-refractivity contribution in [3.63, 3.8) is 0 Å². The molecule has 3 amide bonds. The number of thiazole rings is 1. The number of nitrogen functional groups attached to an aromatic ring is 1. The van der Waals surface area contributed by atoms with Gasteiger partial charge in [0.25, 0.3) is 11.8 Å². The Kier molecular flexibility index (Phi) is 5.99. The molecule has 15 nitrogen and oxygen atoms in total. The summed E-state index contributed by atoms with van der Waals surface area (Å²) in [5.74, 6) is -5.29. The highest BCUT2D eigenvalue weighted by Gasteiger charge is 2.66. The van der Waals surface area contributed by atoms with Gasteiger partial charge in [-0.1, -0.05) is 5.16 Å². The van der Waals surface area contributed by atoms with Crippen LogP contribution in [0.3, 0.4) is 0 Å². The Morgan fingerprint density at radius 2 is 2.00 bits per heavy atom. The third kappa shape index (κ3) is 4.42. The van der Waals surface area contributed by atoms with Crippen LogP contribution >= 0.6 is 11.3 Å². The molecule has 31 heavy (non-hydrogen) atoms. The van der Waals surface area contributed by atoms with Gasteiger partial charge in [0.05, 0.1) is 0 Å². The number of β-lactam (4-membered cyclic amide) rings is 1. The van der Waals surface area contributed by atoms with Crippen molar-refractivity contribution in [3.05, 3.63) is 11.1 Å². The zero-order valence-electron chi connectivity index (χ0n) is 16.2. The first kappa shape index (κ1) is 24.0. The second kappa shape index (κ2) is 7.75. The van der Waals surface area contributed by atoms with Crippen molar-refractivity contribution in [2.24, 2.45) is 10.9 Å². The average molecular weight is 478 g/mol. The highest BCUT2D eigenvalue weighted by atomic mass is 32.2. The number of hydrogen-bond donors (Lipinski definition) is 5. The lowest BCUT2D eigenvalue weighted by Crippen LogP contribution is -2.82. The molecule has 170 valence electrons. The number of nitrogens with zero attached hydrogens (tertiary/aromatic N) is 3. The Labute approximate surface area is 178 Å². The van der Waals surface area contributed by atoms with Gasteiger partial charge in [0.2, 0.25) is 11.5 Å². The zero-order valence-corrected chi connectivity index (χ0v) is 17.9. The van der Waals surface area contributed by atoms with Crippen LogP contribution in [0.5, 0.6) is 0 Å². The molecular formula is C14H18N6O9S2. The van der Waals surface area contributed by atoms with Crippen LogP contribution < -0.4 is 16.8 Å². The maximum atomic E-state index is 12.8. The molecule has 1 aromatic heterocycles. The molecule has 0 bridgehead atoms. The molecule has 1 aliphatic heterocycles. The topological polar surface area (TPSA) is 245 Å². The number of aromatic nitrogens is 1. The summed E-state index contributed by atoms with van der Waals surface area (Å²) in [4.78, 5) is 56.8. The van der Waals surface area contributed by atoms with Gasteiger partial charge in [0.15, 0.2) is 16.9 Å². The van der Waals surface area contributed by atoms with Crippen molar-refractivity contribution >= 4 is 56.2 Å². The molecule has 1 fully saturated rings. The predicted octanol–water partition coefficient (Wildman–Crippen LogP) is -2.32. The monoisotopic (exact) mass is 478 g/mol. The van der Waals surface area contributed by atoms with Crippen LogP contribution in [0, 0.1) is 0 Å². The van der Waals surface area contributed by atoms with Gasteiger partial charge >= 0.3 is 16.3 Å². The van der Waals surface area contributed by atoms with E-state index >= 15 is 0 Å². The normalized spacial score (nSPS) is 21.9. The van der Waals surface area contributed by atoms with E-state index in [1.165, 1.54) is 5.38 Å². The van der Waals surface area contributed by atoms with E-state index in [0.29, 0.717) is 0 Å². The molecule has 1 aliphatic rings. The Hall–Kier alpha value is -3.31. The molecule has 17 heteroatoms. The molecule has 0 spiro atoms. The highest BCUT2D eigenvalue weighted by molar-refractivity contribution is 7.84. The van der Waals surface area contributed by atoms with Crippen LogP contribution in [0.1, 0.15) is 26.5 Å².